The molecule has 0 aliphatic carbocycles. The first-order valence-corrected chi connectivity index (χ1v) is 8.53. The van der Waals surface area contributed by atoms with Crippen molar-refractivity contribution in [1.29, 1.82) is 0 Å². The third kappa shape index (κ3) is 3.20. The molecule has 138 valence electrons. The molecule has 1 N–H and O–H groups in total. The van der Waals surface area contributed by atoms with Crippen LogP contribution in [0.2, 0.25) is 0 Å². The minimum Gasteiger partial charge on any atom is -0.491 e. The Labute approximate surface area is 149 Å². The molecule has 26 heavy (non-hydrogen) atoms. The number of carbonyl (C=O) groups is 1. The number of aliphatic hydroxyl groups is 1. The third-order valence-corrected chi connectivity index (χ3v) is 5.00. The molecule has 0 saturated carbocycles. The Kier molecular flexibility index (Phi) is 3.82. The molecule has 1 aromatic carbocycles. The molecule has 0 radical (unpaired) electrons. The second-order valence-electron chi connectivity index (χ2n) is 7.39. The van der Waals surface area contributed by atoms with Gasteiger partial charge in [-0.15, -0.1) is 0 Å². The Morgan fingerprint density at radius 2 is 2.00 bits per heavy atom. The van der Waals surface area contributed by atoms with Crippen LogP contribution < -0.4 is 10.4 Å². The fourth-order valence-electron chi connectivity index (χ4n) is 3.40. The Bertz CT molecular complexity index is 915. The zero-order valence-corrected chi connectivity index (χ0v) is 14.6. The topological polar surface area (TPSA) is 98.5 Å². The van der Waals surface area contributed by atoms with E-state index in [0.29, 0.717) is 24.4 Å². The molecule has 2 fully saturated rings. The summed E-state index contributed by atoms with van der Waals surface area (Å²) in [7, 11) is 0. The van der Waals surface area contributed by atoms with Crippen molar-refractivity contribution < 1.29 is 28.5 Å². The van der Waals surface area contributed by atoms with Crippen molar-refractivity contribution in [3.63, 3.8) is 0 Å². The van der Waals surface area contributed by atoms with E-state index in [0.717, 1.165) is 5.39 Å². The van der Waals surface area contributed by atoms with E-state index < -0.39 is 22.8 Å². The molecule has 2 aliphatic heterocycles. The van der Waals surface area contributed by atoms with Crippen LogP contribution >= 0.6 is 0 Å². The predicted octanol–water partition coefficient (Wildman–Crippen LogP) is 1.79. The predicted molar refractivity (Wildman–Crippen MR) is 91.0 cm³/mol. The van der Waals surface area contributed by atoms with Crippen molar-refractivity contribution in [3.05, 3.63) is 40.8 Å². The summed E-state index contributed by atoms with van der Waals surface area (Å²) in [5, 5.41) is 10.7. The van der Waals surface area contributed by atoms with Gasteiger partial charge in [-0.05, 0) is 32.0 Å². The Hall–Kier alpha value is -2.38. The molecule has 7 heteroatoms. The summed E-state index contributed by atoms with van der Waals surface area (Å²) in [5.74, 6) is -0.00265. The molecule has 4 rings (SSSR count). The van der Waals surface area contributed by atoms with Crippen LogP contribution in [0.15, 0.2) is 39.5 Å². The van der Waals surface area contributed by atoms with Gasteiger partial charge in [-0.1, -0.05) is 0 Å². The lowest BCUT2D eigenvalue weighted by Crippen LogP contribution is -2.29. The summed E-state index contributed by atoms with van der Waals surface area (Å²) in [6, 6.07) is 8.37. The molecular weight excluding hydrogens is 340 g/mol. The van der Waals surface area contributed by atoms with Crippen molar-refractivity contribution in [3.8, 4) is 5.75 Å². The van der Waals surface area contributed by atoms with E-state index in [2.05, 4.69) is 0 Å². The number of esters is 1. The molecule has 2 saturated heterocycles. The average molecular weight is 360 g/mol. The lowest BCUT2D eigenvalue weighted by Gasteiger charge is -2.13. The van der Waals surface area contributed by atoms with Gasteiger partial charge in [0.05, 0.1) is 5.60 Å². The number of hydrogen-bond acceptors (Lipinski definition) is 7. The monoisotopic (exact) mass is 360 g/mol. The summed E-state index contributed by atoms with van der Waals surface area (Å²) in [4.78, 5) is 22.9. The van der Waals surface area contributed by atoms with Gasteiger partial charge in [0, 0.05) is 30.4 Å². The van der Waals surface area contributed by atoms with E-state index in [9.17, 15) is 14.7 Å². The molecular formula is C19H20O7. The Morgan fingerprint density at radius 1 is 1.23 bits per heavy atom. The van der Waals surface area contributed by atoms with Gasteiger partial charge in [-0.25, -0.2) is 9.59 Å². The van der Waals surface area contributed by atoms with Gasteiger partial charge in [0.2, 0.25) is 0 Å². The van der Waals surface area contributed by atoms with E-state index in [1.807, 2.05) is 13.0 Å². The fraction of sp³-hybridized carbons (Fsp3) is 0.474. The van der Waals surface area contributed by atoms with E-state index >= 15 is 0 Å². The molecule has 0 amide bonds. The normalized spacial score (nSPS) is 33.3. The van der Waals surface area contributed by atoms with Crippen LogP contribution in [-0.4, -0.2) is 41.1 Å². The van der Waals surface area contributed by atoms with Crippen LogP contribution in [0.25, 0.3) is 11.0 Å². The molecule has 0 spiro atoms. The standard InChI is InChI=1S/C19H20O7/c1-18(22)8-13(24-17(18)21)9-19(2)15(26-19)10-23-12-5-3-11-4-6-16(20)25-14(11)7-12/h3-7,13,15,22H,8-10H2,1-2H3/t13-,15-,18+,19-/m0/s1. The summed E-state index contributed by atoms with van der Waals surface area (Å²) < 4.78 is 21.8. The fourth-order valence-corrected chi connectivity index (χ4v) is 3.40. The highest BCUT2D eigenvalue weighted by Gasteiger charge is 2.56. The summed E-state index contributed by atoms with van der Waals surface area (Å²) >= 11 is 0. The van der Waals surface area contributed by atoms with Crippen molar-refractivity contribution in [2.75, 3.05) is 6.61 Å². The SMILES string of the molecule is C[C@@]1(O)C[C@@H](C[C@]2(C)O[C@H]2COc2ccc3ccc(=O)oc3c2)OC1=O. The molecule has 7 nitrogen and oxygen atoms in total. The van der Waals surface area contributed by atoms with Gasteiger partial charge >= 0.3 is 11.6 Å². The summed E-state index contributed by atoms with van der Waals surface area (Å²) in [5.41, 5.74) is -1.81. The minimum atomic E-state index is -1.42. The van der Waals surface area contributed by atoms with Crippen LogP contribution in [0.5, 0.6) is 5.75 Å². The number of hydrogen-bond donors (Lipinski definition) is 1. The largest absolute Gasteiger partial charge is 0.491 e. The number of ether oxygens (including phenoxy) is 3. The second-order valence-corrected chi connectivity index (χ2v) is 7.39. The first-order chi connectivity index (χ1) is 12.2. The highest BCUT2D eigenvalue weighted by Crippen LogP contribution is 2.43. The number of epoxide rings is 1. The number of fused-ring (bicyclic) bond motifs is 1. The second kappa shape index (κ2) is 5.82. The molecule has 1 aromatic heterocycles. The average Bonchev–Trinajstić information content (AvgIpc) is 3.12. The van der Waals surface area contributed by atoms with Gasteiger partial charge in [0.1, 0.15) is 30.1 Å². The number of benzene rings is 1. The van der Waals surface area contributed by atoms with Crippen molar-refractivity contribution in [1.82, 2.24) is 0 Å². The van der Waals surface area contributed by atoms with E-state index in [1.165, 1.54) is 13.0 Å². The molecule has 2 aromatic rings. The van der Waals surface area contributed by atoms with Gasteiger partial charge in [-0.2, -0.15) is 0 Å². The molecule has 4 atom stereocenters. The quantitative estimate of drug-likeness (QED) is 0.493. The van der Waals surface area contributed by atoms with Crippen LogP contribution in [-0.2, 0) is 14.3 Å². The zero-order valence-electron chi connectivity index (χ0n) is 14.6. The third-order valence-electron chi connectivity index (χ3n) is 5.00. The smallest absolute Gasteiger partial charge is 0.338 e. The molecule has 3 heterocycles. The Balaban J connectivity index is 1.35. The van der Waals surface area contributed by atoms with E-state index in [-0.39, 0.29) is 18.6 Å². The van der Waals surface area contributed by atoms with Crippen LogP contribution in [0.1, 0.15) is 26.7 Å². The highest BCUT2D eigenvalue weighted by molar-refractivity contribution is 5.81. The van der Waals surface area contributed by atoms with Gasteiger partial charge in [-0.3, -0.25) is 0 Å². The van der Waals surface area contributed by atoms with E-state index in [4.69, 9.17) is 18.6 Å². The maximum atomic E-state index is 11.6. The van der Waals surface area contributed by atoms with Crippen LogP contribution in [0.3, 0.4) is 0 Å². The Morgan fingerprint density at radius 3 is 2.73 bits per heavy atom. The lowest BCUT2D eigenvalue weighted by molar-refractivity contribution is -0.153. The van der Waals surface area contributed by atoms with Crippen LogP contribution in [0.4, 0.5) is 0 Å². The summed E-state index contributed by atoms with van der Waals surface area (Å²) in [6.07, 6.45) is 0.282. The summed E-state index contributed by atoms with van der Waals surface area (Å²) in [6.45, 7) is 3.72. The number of cyclic esters (lactones) is 1. The van der Waals surface area contributed by atoms with Crippen molar-refractivity contribution in [2.45, 2.75) is 50.1 Å². The van der Waals surface area contributed by atoms with Gasteiger partial charge < -0.3 is 23.7 Å². The maximum absolute atomic E-state index is 11.6. The zero-order chi connectivity index (χ0) is 18.5. The first kappa shape index (κ1) is 17.1. The first-order valence-electron chi connectivity index (χ1n) is 8.53. The molecule has 0 bridgehead atoms. The number of carbonyl (C=O) groups excluding carboxylic acids is 1. The minimum absolute atomic E-state index is 0.134. The number of rotatable bonds is 5. The highest BCUT2D eigenvalue weighted by atomic mass is 16.6. The van der Waals surface area contributed by atoms with Gasteiger partial charge in [0.25, 0.3) is 0 Å². The van der Waals surface area contributed by atoms with Crippen molar-refractivity contribution in [2.24, 2.45) is 0 Å². The van der Waals surface area contributed by atoms with Crippen molar-refractivity contribution >= 4 is 16.9 Å². The van der Waals surface area contributed by atoms with Gasteiger partial charge in [0.15, 0.2) is 5.60 Å². The lowest BCUT2D eigenvalue weighted by atomic mass is 9.94. The maximum Gasteiger partial charge on any atom is 0.338 e. The molecule has 2 aliphatic rings. The van der Waals surface area contributed by atoms with E-state index in [1.54, 1.807) is 18.2 Å². The molecule has 0 unspecified atom stereocenters. The van der Waals surface area contributed by atoms with Crippen LogP contribution in [0, 0.1) is 0 Å².